The highest BCUT2D eigenvalue weighted by Gasteiger charge is 2.37. The normalized spacial score (nSPS) is 13.2. The molecule has 0 radical (unpaired) electrons. The summed E-state index contributed by atoms with van der Waals surface area (Å²) in [5.74, 6) is -0.465. The molecular weight excluding hydrogens is 327 g/mol. The van der Waals surface area contributed by atoms with E-state index in [0.29, 0.717) is 11.1 Å². The zero-order valence-corrected chi connectivity index (χ0v) is 11.7. The van der Waals surface area contributed by atoms with Gasteiger partial charge in [-0.2, -0.15) is 13.2 Å². The van der Waals surface area contributed by atoms with Crippen LogP contribution in [0.4, 0.5) is 13.2 Å². The number of hydrogen-bond donors (Lipinski definition) is 2. The van der Waals surface area contributed by atoms with Crippen LogP contribution in [0.1, 0.15) is 22.3 Å². The van der Waals surface area contributed by atoms with Crippen LogP contribution in [-0.4, -0.2) is 29.8 Å². The predicted octanol–water partition coefficient (Wildman–Crippen LogP) is 2.80. The Bertz CT molecular complexity index is 463. The molecule has 19 heavy (non-hydrogen) atoms. The second kappa shape index (κ2) is 6.38. The van der Waals surface area contributed by atoms with Crippen LogP contribution >= 0.6 is 15.9 Å². The van der Waals surface area contributed by atoms with Crippen LogP contribution in [0, 0.1) is 6.92 Å². The number of benzene rings is 1. The number of alkyl halides is 3. The van der Waals surface area contributed by atoms with E-state index in [4.69, 9.17) is 5.11 Å². The number of aliphatic hydroxyl groups is 1. The van der Waals surface area contributed by atoms with E-state index >= 15 is 0 Å². The van der Waals surface area contributed by atoms with Gasteiger partial charge in [0.25, 0.3) is 5.91 Å². The molecule has 1 unspecified atom stereocenters. The van der Waals surface area contributed by atoms with Crippen molar-refractivity contribution in [1.82, 2.24) is 5.32 Å². The maximum atomic E-state index is 12.0. The van der Waals surface area contributed by atoms with Gasteiger partial charge in [0.1, 0.15) is 0 Å². The third-order valence-corrected chi connectivity index (χ3v) is 3.45. The van der Waals surface area contributed by atoms with Crippen LogP contribution in [-0.2, 0) is 0 Å². The van der Waals surface area contributed by atoms with Gasteiger partial charge in [-0.15, -0.1) is 0 Å². The van der Waals surface area contributed by atoms with Gasteiger partial charge < -0.3 is 10.4 Å². The summed E-state index contributed by atoms with van der Waals surface area (Å²) in [5, 5.41) is 11.1. The van der Waals surface area contributed by atoms with Gasteiger partial charge in [0.15, 0.2) is 6.10 Å². The minimum absolute atomic E-state index is 0.245. The highest BCUT2D eigenvalue weighted by atomic mass is 79.9. The van der Waals surface area contributed by atoms with E-state index in [2.05, 4.69) is 21.2 Å². The topological polar surface area (TPSA) is 49.3 Å². The maximum absolute atomic E-state index is 12.0. The van der Waals surface area contributed by atoms with Crippen molar-refractivity contribution < 1.29 is 23.1 Å². The fraction of sp³-hybridized carbons (Fsp3) is 0.417. The number of aliphatic hydroxyl groups excluding tert-OH is 1. The first-order chi connectivity index (χ1) is 8.73. The number of rotatable bonds is 4. The third-order valence-electron chi connectivity index (χ3n) is 2.59. The van der Waals surface area contributed by atoms with Crippen LogP contribution in [0.25, 0.3) is 0 Å². The minimum atomic E-state index is -4.66. The van der Waals surface area contributed by atoms with Crippen molar-refractivity contribution >= 4 is 21.8 Å². The molecule has 0 bridgehead atoms. The summed E-state index contributed by atoms with van der Waals surface area (Å²) >= 11 is 3.26. The molecular formula is C12H13BrF3NO2. The second-order valence-corrected chi connectivity index (χ2v) is 4.87. The molecule has 7 heteroatoms. The molecule has 2 N–H and O–H groups in total. The van der Waals surface area contributed by atoms with Crippen molar-refractivity contribution in [2.75, 3.05) is 6.54 Å². The molecule has 1 aromatic carbocycles. The quantitative estimate of drug-likeness (QED) is 0.886. The second-order valence-electron chi connectivity index (χ2n) is 4.01. The fourth-order valence-corrected chi connectivity index (χ4v) is 1.80. The van der Waals surface area contributed by atoms with Crippen LogP contribution in [0.3, 0.4) is 0 Å². The van der Waals surface area contributed by atoms with Crippen LogP contribution < -0.4 is 5.32 Å². The van der Waals surface area contributed by atoms with Crippen LogP contribution in [0.2, 0.25) is 0 Å². The lowest BCUT2D eigenvalue weighted by molar-refractivity contribution is -0.204. The molecule has 106 valence electrons. The summed E-state index contributed by atoms with van der Waals surface area (Å²) in [5.41, 5.74) is 1.09. The monoisotopic (exact) mass is 339 g/mol. The Hall–Kier alpha value is -1.08. The summed E-state index contributed by atoms with van der Waals surface area (Å²) < 4.78 is 36.9. The Morgan fingerprint density at radius 1 is 1.47 bits per heavy atom. The van der Waals surface area contributed by atoms with Crippen molar-refractivity contribution in [3.05, 3.63) is 33.8 Å². The van der Waals surface area contributed by atoms with Gasteiger partial charge in [-0.3, -0.25) is 4.79 Å². The number of nitrogens with one attached hydrogen (secondary N) is 1. The lowest BCUT2D eigenvalue weighted by atomic mass is 10.1. The molecule has 0 heterocycles. The SMILES string of the molecule is Cc1c(Br)cccc1C(=O)NCCC(O)C(F)(F)F. The summed E-state index contributed by atoms with van der Waals surface area (Å²) in [6.45, 7) is 1.48. The van der Waals surface area contributed by atoms with E-state index in [1.54, 1.807) is 25.1 Å². The molecule has 1 amide bonds. The molecule has 0 aliphatic carbocycles. The summed E-state index contributed by atoms with van der Waals surface area (Å²) in [7, 11) is 0. The lowest BCUT2D eigenvalue weighted by Crippen LogP contribution is -2.34. The Kier molecular flexibility index (Phi) is 5.37. The summed E-state index contributed by atoms with van der Waals surface area (Å²) in [6, 6.07) is 5.01. The van der Waals surface area contributed by atoms with E-state index in [0.717, 1.165) is 4.47 Å². The van der Waals surface area contributed by atoms with E-state index < -0.39 is 24.6 Å². The first kappa shape index (κ1) is 16.0. The molecule has 0 aromatic heterocycles. The highest BCUT2D eigenvalue weighted by Crippen LogP contribution is 2.22. The van der Waals surface area contributed by atoms with Gasteiger partial charge in [0.05, 0.1) is 0 Å². The molecule has 0 spiro atoms. The van der Waals surface area contributed by atoms with Gasteiger partial charge in [-0.1, -0.05) is 22.0 Å². The minimum Gasteiger partial charge on any atom is -0.384 e. The van der Waals surface area contributed by atoms with E-state index in [1.807, 2.05) is 0 Å². The fourth-order valence-electron chi connectivity index (χ4n) is 1.43. The van der Waals surface area contributed by atoms with Crippen molar-refractivity contribution in [2.45, 2.75) is 25.6 Å². The van der Waals surface area contributed by atoms with Crippen LogP contribution in [0.5, 0.6) is 0 Å². The molecule has 0 aliphatic rings. The molecule has 0 aliphatic heterocycles. The smallest absolute Gasteiger partial charge is 0.384 e. The van der Waals surface area contributed by atoms with E-state index in [-0.39, 0.29) is 6.54 Å². The maximum Gasteiger partial charge on any atom is 0.414 e. The van der Waals surface area contributed by atoms with Crippen LogP contribution in [0.15, 0.2) is 22.7 Å². The highest BCUT2D eigenvalue weighted by molar-refractivity contribution is 9.10. The summed E-state index contributed by atoms with van der Waals surface area (Å²) in [4.78, 5) is 11.8. The number of amides is 1. The average Bonchev–Trinajstić information content (AvgIpc) is 2.31. The number of carbonyl (C=O) groups excluding carboxylic acids is 1. The first-order valence-electron chi connectivity index (χ1n) is 5.51. The van der Waals surface area contributed by atoms with E-state index in [1.165, 1.54) is 0 Å². The Labute approximate surface area is 116 Å². The van der Waals surface area contributed by atoms with Gasteiger partial charge in [-0.05, 0) is 31.0 Å². The predicted molar refractivity (Wildman–Crippen MR) is 67.9 cm³/mol. The average molecular weight is 340 g/mol. The largest absolute Gasteiger partial charge is 0.414 e. The first-order valence-corrected chi connectivity index (χ1v) is 6.31. The number of hydrogen-bond acceptors (Lipinski definition) is 2. The molecule has 1 aromatic rings. The third kappa shape index (κ3) is 4.50. The van der Waals surface area contributed by atoms with Gasteiger partial charge >= 0.3 is 6.18 Å². The molecule has 1 rings (SSSR count). The zero-order chi connectivity index (χ0) is 14.6. The standard InChI is InChI=1S/C12H13BrF3NO2/c1-7-8(3-2-4-9(7)13)11(19)17-6-5-10(18)12(14,15)16/h2-4,10,18H,5-6H2,1H3,(H,17,19). The molecule has 0 fully saturated rings. The molecule has 0 saturated heterocycles. The van der Waals surface area contributed by atoms with Crippen molar-refractivity contribution in [1.29, 1.82) is 0 Å². The van der Waals surface area contributed by atoms with Crippen molar-refractivity contribution in [3.63, 3.8) is 0 Å². The van der Waals surface area contributed by atoms with E-state index in [9.17, 15) is 18.0 Å². The Morgan fingerprint density at radius 3 is 2.68 bits per heavy atom. The van der Waals surface area contributed by atoms with Gasteiger partial charge in [0.2, 0.25) is 0 Å². The number of halogens is 4. The van der Waals surface area contributed by atoms with Crippen molar-refractivity contribution in [3.8, 4) is 0 Å². The Balaban J connectivity index is 2.55. The lowest BCUT2D eigenvalue weighted by Gasteiger charge is -2.15. The molecule has 1 atom stereocenters. The van der Waals surface area contributed by atoms with Crippen molar-refractivity contribution in [2.24, 2.45) is 0 Å². The summed E-state index contributed by atoms with van der Waals surface area (Å²) in [6.07, 6.45) is -7.64. The van der Waals surface area contributed by atoms with Gasteiger partial charge in [0, 0.05) is 16.6 Å². The number of carbonyl (C=O) groups is 1. The molecule has 0 saturated carbocycles. The molecule has 3 nitrogen and oxygen atoms in total. The van der Waals surface area contributed by atoms with Gasteiger partial charge in [-0.25, -0.2) is 0 Å². The Morgan fingerprint density at radius 2 is 2.11 bits per heavy atom. The zero-order valence-electron chi connectivity index (χ0n) is 10.1.